The Morgan fingerprint density at radius 2 is 2.13 bits per heavy atom. The first-order valence-corrected chi connectivity index (χ1v) is 4.51. The van der Waals surface area contributed by atoms with Gasteiger partial charge in [0.25, 0.3) is 0 Å². The number of benzene rings is 1. The summed E-state index contributed by atoms with van der Waals surface area (Å²) in [6.07, 6.45) is 0.637. The summed E-state index contributed by atoms with van der Waals surface area (Å²) < 4.78 is 31.2. The minimum absolute atomic E-state index is 0.0405. The molecule has 15 heavy (non-hydrogen) atoms. The van der Waals surface area contributed by atoms with Gasteiger partial charge in [-0.15, -0.1) is 0 Å². The number of aryl methyl sites for hydroxylation is 1. The van der Waals surface area contributed by atoms with Crippen LogP contribution in [-0.2, 0) is 12.3 Å². The van der Waals surface area contributed by atoms with Crippen LogP contribution in [0.4, 0.5) is 8.78 Å². The van der Waals surface area contributed by atoms with Gasteiger partial charge in [0, 0.05) is 0 Å². The molecule has 0 N–H and O–H groups in total. The SMILES string of the molecule is CCc1ccc(OC)c(C(F)(F)C#N)c1. The Morgan fingerprint density at radius 3 is 2.60 bits per heavy atom. The fourth-order valence-electron chi connectivity index (χ4n) is 1.28. The van der Waals surface area contributed by atoms with Gasteiger partial charge in [-0.1, -0.05) is 13.0 Å². The first-order chi connectivity index (χ1) is 7.05. The zero-order valence-corrected chi connectivity index (χ0v) is 8.55. The van der Waals surface area contributed by atoms with Crippen molar-refractivity contribution in [3.8, 4) is 11.8 Å². The summed E-state index contributed by atoms with van der Waals surface area (Å²) >= 11 is 0. The number of halogens is 2. The van der Waals surface area contributed by atoms with Gasteiger partial charge in [-0.05, 0) is 24.1 Å². The van der Waals surface area contributed by atoms with Crippen LogP contribution in [0.25, 0.3) is 0 Å². The summed E-state index contributed by atoms with van der Waals surface area (Å²) in [5, 5.41) is 8.38. The fourth-order valence-corrected chi connectivity index (χ4v) is 1.28. The van der Waals surface area contributed by atoms with Crippen molar-refractivity contribution in [3.05, 3.63) is 29.3 Å². The molecule has 4 heteroatoms. The summed E-state index contributed by atoms with van der Waals surface area (Å²) in [6.45, 7) is 1.86. The van der Waals surface area contributed by atoms with Crippen LogP contribution in [0.15, 0.2) is 18.2 Å². The molecule has 0 amide bonds. The number of ether oxygens (including phenoxy) is 1. The van der Waals surface area contributed by atoms with E-state index in [1.807, 2.05) is 6.92 Å². The van der Waals surface area contributed by atoms with Gasteiger partial charge in [0.2, 0.25) is 0 Å². The summed E-state index contributed by atoms with van der Waals surface area (Å²) in [5.74, 6) is -3.46. The van der Waals surface area contributed by atoms with Crippen LogP contribution in [0.1, 0.15) is 18.1 Å². The van der Waals surface area contributed by atoms with E-state index < -0.39 is 5.92 Å². The van der Waals surface area contributed by atoms with Crippen molar-refractivity contribution in [3.63, 3.8) is 0 Å². The third-order valence-electron chi connectivity index (χ3n) is 2.15. The number of nitriles is 1. The lowest BCUT2D eigenvalue weighted by Gasteiger charge is -2.13. The zero-order valence-electron chi connectivity index (χ0n) is 8.55. The quantitative estimate of drug-likeness (QED) is 0.770. The van der Waals surface area contributed by atoms with Crippen molar-refractivity contribution >= 4 is 0 Å². The van der Waals surface area contributed by atoms with Crippen molar-refractivity contribution in [1.29, 1.82) is 5.26 Å². The van der Waals surface area contributed by atoms with Crippen molar-refractivity contribution in [2.75, 3.05) is 7.11 Å². The molecule has 0 heterocycles. The number of alkyl halides is 2. The molecule has 2 nitrogen and oxygen atoms in total. The lowest BCUT2D eigenvalue weighted by molar-refractivity contribution is 0.0583. The highest BCUT2D eigenvalue weighted by Crippen LogP contribution is 2.35. The van der Waals surface area contributed by atoms with E-state index in [-0.39, 0.29) is 11.3 Å². The average Bonchev–Trinajstić information content (AvgIpc) is 2.28. The minimum Gasteiger partial charge on any atom is -0.496 e. The second-order valence-electron chi connectivity index (χ2n) is 3.07. The number of hydrogen-bond donors (Lipinski definition) is 0. The highest BCUT2D eigenvalue weighted by Gasteiger charge is 2.34. The molecule has 0 saturated carbocycles. The predicted molar refractivity (Wildman–Crippen MR) is 51.9 cm³/mol. The molecule has 0 spiro atoms. The van der Waals surface area contributed by atoms with Gasteiger partial charge in [0.1, 0.15) is 11.8 Å². The summed E-state index contributed by atoms with van der Waals surface area (Å²) in [5.41, 5.74) is 0.382. The van der Waals surface area contributed by atoms with Crippen LogP contribution in [-0.4, -0.2) is 7.11 Å². The third-order valence-corrected chi connectivity index (χ3v) is 2.15. The Hall–Kier alpha value is -1.63. The van der Waals surface area contributed by atoms with Crippen LogP contribution < -0.4 is 4.74 Å². The van der Waals surface area contributed by atoms with Crippen molar-refractivity contribution in [2.45, 2.75) is 19.3 Å². The van der Waals surface area contributed by atoms with E-state index in [2.05, 4.69) is 0 Å². The molecule has 80 valence electrons. The van der Waals surface area contributed by atoms with Gasteiger partial charge < -0.3 is 4.74 Å². The lowest BCUT2D eigenvalue weighted by atomic mass is 10.0. The largest absolute Gasteiger partial charge is 0.496 e. The van der Waals surface area contributed by atoms with E-state index in [1.54, 1.807) is 6.07 Å². The molecule has 0 aliphatic heterocycles. The Balaban J connectivity index is 3.31. The van der Waals surface area contributed by atoms with Gasteiger partial charge in [-0.25, -0.2) is 0 Å². The Kier molecular flexibility index (Phi) is 3.25. The van der Waals surface area contributed by atoms with Crippen LogP contribution in [0, 0.1) is 11.3 Å². The van der Waals surface area contributed by atoms with E-state index in [1.165, 1.54) is 19.2 Å². The first kappa shape index (κ1) is 11.4. The lowest BCUT2D eigenvalue weighted by Crippen LogP contribution is -2.12. The maximum atomic E-state index is 13.2. The van der Waals surface area contributed by atoms with Gasteiger partial charge in [-0.3, -0.25) is 0 Å². The van der Waals surface area contributed by atoms with Gasteiger partial charge in [0.15, 0.2) is 0 Å². The Bertz CT molecular complexity index is 396. The topological polar surface area (TPSA) is 33.0 Å². The highest BCUT2D eigenvalue weighted by atomic mass is 19.3. The normalized spacial score (nSPS) is 10.9. The van der Waals surface area contributed by atoms with Crippen molar-refractivity contribution < 1.29 is 13.5 Å². The minimum atomic E-state index is -3.50. The molecule has 0 fully saturated rings. The second-order valence-corrected chi connectivity index (χ2v) is 3.07. The molecule has 1 aromatic rings. The monoisotopic (exact) mass is 211 g/mol. The smallest absolute Gasteiger partial charge is 0.360 e. The molecule has 1 rings (SSSR count). The van der Waals surface area contributed by atoms with E-state index in [0.29, 0.717) is 6.42 Å². The van der Waals surface area contributed by atoms with E-state index in [4.69, 9.17) is 10.00 Å². The van der Waals surface area contributed by atoms with Gasteiger partial charge in [-0.2, -0.15) is 14.0 Å². The Morgan fingerprint density at radius 1 is 1.47 bits per heavy atom. The number of nitrogens with zero attached hydrogens (tertiary/aromatic N) is 1. The standard InChI is InChI=1S/C11H11F2NO/c1-3-8-4-5-10(15-2)9(6-8)11(12,13)7-14/h4-6H,3H2,1-2H3. The molecular weight excluding hydrogens is 200 g/mol. The summed E-state index contributed by atoms with van der Waals surface area (Å²) in [4.78, 5) is 0. The van der Waals surface area contributed by atoms with E-state index >= 15 is 0 Å². The third kappa shape index (κ3) is 2.24. The molecular formula is C11H11F2NO. The number of rotatable bonds is 3. The molecule has 0 aliphatic carbocycles. The van der Waals surface area contributed by atoms with Crippen molar-refractivity contribution in [2.24, 2.45) is 0 Å². The molecule has 0 radical (unpaired) electrons. The molecule has 1 aromatic carbocycles. The van der Waals surface area contributed by atoms with Gasteiger partial charge >= 0.3 is 5.92 Å². The highest BCUT2D eigenvalue weighted by molar-refractivity contribution is 5.42. The number of hydrogen-bond acceptors (Lipinski definition) is 2. The Labute approximate surface area is 87.1 Å². The first-order valence-electron chi connectivity index (χ1n) is 4.51. The number of methoxy groups -OCH3 is 1. The molecule has 0 aromatic heterocycles. The zero-order chi connectivity index (χ0) is 11.5. The molecule has 0 unspecified atom stereocenters. The van der Waals surface area contributed by atoms with Crippen LogP contribution in [0.3, 0.4) is 0 Å². The van der Waals surface area contributed by atoms with Crippen LogP contribution >= 0.6 is 0 Å². The molecule has 0 saturated heterocycles. The average molecular weight is 211 g/mol. The molecule has 0 bridgehead atoms. The van der Waals surface area contributed by atoms with Gasteiger partial charge in [0.05, 0.1) is 12.7 Å². The summed E-state index contributed by atoms with van der Waals surface area (Å²) in [6, 6.07) is 5.44. The second kappa shape index (κ2) is 4.26. The van der Waals surface area contributed by atoms with Crippen molar-refractivity contribution in [1.82, 2.24) is 0 Å². The van der Waals surface area contributed by atoms with Crippen LogP contribution in [0.2, 0.25) is 0 Å². The molecule has 0 aliphatic rings. The van der Waals surface area contributed by atoms with E-state index in [0.717, 1.165) is 11.6 Å². The van der Waals surface area contributed by atoms with E-state index in [9.17, 15) is 8.78 Å². The molecule has 0 atom stereocenters. The fraction of sp³-hybridized carbons (Fsp3) is 0.364. The maximum Gasteiger partial charge on any atom is 0.360 e. The predicted octanol–water partition coefficient (Wildman–Crippen LogP) is 2.87. The maximum absolute atomic E-state index is 13.2. The van der Waals surface area contributed by atoms with Crippen LogP contribution in [0.5, 0.6) is 5.75 Å². The summed E-state index contributed by atoms with van der Waals surface area (Å²) in [7, 11) is 1.30.